The summed E-state index contributed by atoms with van der Waals surface area (Å²) in [5.41, 5.74) is 2.38. The van der Waals surface area contributed by atoms with Crippen molar-refractivity contribution in [2.75, 3.05) is 25.5 Å². The molecule has 20 heavy (non-hydrogen) atoms. The van der Waals surface area contributed by atoms with Crippen LogP contribution in [0.5, 0.6) is 0 Å². The molecular formula is C17H23N3. The van der Waals surface area contributed by atoms with E-state index in [1.807, 2.05) is 13.1 Å². The Bertz CT molecular complexity index is 571. The van der Waals surface area contributed by atoms with Crippen LogP contribution in [0.15, 0.2) is 30.3 Å². The van der Waals surface area contributed by atoms with Crippen LogP contribution >= 0.6 is 0 Å². The van der Waals surface area contributed by atoms with Crippen molar-refractivity contribution in [3.05, 3.63) is 35.9 Å². The van der Waals surface area contributed by atoms with Crippen molar-refractivity contribution in [1.82, 2.24) is 9.88 Å². The largest absolute Gasteiger partial charge is 0.373 e. The Hall–Kier alpha value is -1.61. The number of nitrogens with one attached hydrogen (secondary N) is 1. The van der Waals surface area contributed by atoms with Gasteiger partial charge in [0.25, 0.3) is 0 Å². The predicted octanol–water partition coefficient (Wildman–Crippen LogP) is 3.65. The lowest BCUT2D eigenvalue weighted by molar-refractivity contribution is 0.277. The zero-order valence-electron chi connectivity index (χ0n) is 12.2. The van der Waals surface area contributed by atoms with Crippen LogP contribution in [0.4, 0.5) is 5.82 Å². The molecule has 1 aromatic carbocycles. The highest BCUT2D eigenvalue weighted by atomic mass is 15.1. The first-order valence-electron chi connectivity index (χ1n) is 7.65. The smallest absolute Gasteiger partial charge is 0.130 e. The molecule has 1 saturated heterocycles. The minimum absolute atomic E-state index is 1.01. The molecule has 0 aliphatic carbocycles. The van der Waals surface area contributed by atoms with Gasteiger partial charge < -0.3 is 5.32 Å². The number of anilines is 1. The number of hydrogen-bond donors (Lipinski definition) is 1. The summed E-state index contributed by atoms with van der Waals surface area (Å²) in [5.74, 6) is 1.02. The van der Waals surface area contributed by atoms with Crippen molar-refractivity contribution >= 4 is 16.7 Å². The van der Waals surface area contributed by atoms with Crippen molar-refractivity contribution in [3.63, 3.8) is 0 Å². The highest BCUT2D eigenvalue weighted by molar-refractivity contribution is 5.81. The normalized spacial score (nSPS) is 17.1. The van der Waals surface area contributed by atoms with Crippen molar-refractivity contribution in [1.29, 1.82) is 0 Å². The standard InChI is InChI=1S/C17H23N3/c1-18-17-15(13-20-10-6-2-3-7-11-20)12-14-8-4-5-9-16(14)19-17/h4-5,8-9,12H,2-3,6-7,10-11,13H2,1H3,(H,18,19). The van der Waals surface area contributed by atoms with Crippen LogP contribution in [-0.2, 0) is 6.54 Å². The molecule has 1 aliphatic rings. The summed E-state index contributed by atoms with van der Waals surface area (Å²) in [5, 5.41) is 4.49. The van der Waals surface area contributed by atoms with E-state index in [0.717, 1.165) is 17.9 Å². The number of likely N-dealkylation sites (tertiary alicyclic amines) is 1. The Kier molecular flexibility index (Phi) is 4.16. The molecule has 3 heteroatoms. The van der Waals surface area contributed by atoms with Gasteiger partial charge in [-0.2, -0.15) is 0 Å². The Morgan fingerprint density at radius 2 is 1.85 bits per heavy atom. The maximum Gasteiger partial charge on any atom is 0.130 e. The van der Waals surface area contributed by atoms with Crippen molar-refractivity contribution in [2.24, 2.45) is 0 Å². The molecule has 0 unspecified atom stereocenters. The van der Waals surface area contributed by atoms with Crippen LogP contribution in [0.25, 0.3) is 10.9 Å². The predicted molar refractivity (Wildman–Crippen MR) is 85.0 cm³/mol. The summed E-state index contributed by atoms with van der Waals surface area (Å²) in [6.07, 6.45) is 5.42. The Labute approximate surface area is 121 Å². The fourth-order valence-electron chi connectivity index (χ4n) is 3.03. The quantitative estimate of drug-likeness (QED) is 0.922. The van der Waals surface area contributed by atoms with Gasteiger partial charge in [0.1, 0.15) is 5.82 Å². The Morgan fingerprint density at radius 1 is 1.10 bits per heavy atom. The van der Waals surface area contributed by atoms with E-state index in [0.29, 0.717) is 0 Å². The average Bonchev–Trinajstić information content (AvgIpc) is 2.75. The lowest BCUT2D eigenvalue weighted by Gasteiger charge is -2.21. The lowest BCUT2D eigenvalue weighted by atomic mass is 10.1. The van der Waals surface area contributed by atoms with Crippen LogP contribution in [0.2, 0.25) is 0 Å². The van der Waals surface area contributed by atoms with Gasteiger partial charge in [-0.25, -0.2) is 4.98 Å². The van der Waals surface area contributed by atoms with Crippen LogP contribution < -0.4 is 5.32 Å². The third-order valence-corrected chi connectivity index (χ3v) is 4.13. The van der Waals surface area contributed by atoms with Gasteiger partial charge in [-0.05, 0) is 38.1 Å². The molecule has 0 amide bonds. The molecular weight excluding hydrogens is 246 g/mol. The van der Waals surface area contributed by atoms with Crippen LogP contribution in [-0.4, -0.2) is 30.0 Å². The van der Waals surface area contributed by atoms with E-state index in [4.69, 9.17) is 4.98 Å². The molecule has 106 valence electrons. The van der Waals surface area contributed by atoms with Gasteiger partial charge >= 0.3 is 0 Å². The second-order valence-corrected chi connectivity index (χ2v) is 5.63. The molecule has 0 bridgehead atoms. The van der Waals surface area contributed by atoms with Gasteiger partial charge in [0, 0.05) is 24.5 Å². The van der Waals surface area contributed by atoms with Gasteiger partial charge in [0.15, 0.2) is 0 Å². The average molecular weight is 269 g/mol. The molecule has 0 radical (unpaired) electrons. The van der Waals surface area contributed by atoms with E-state index in [1.165, 1.54) is 49.7 Å². The highest BCUT2D eigenvalue weighted by Gasteiger charge is 2.13. The molecule has 0 saturated carbocycles. The third kappa shape index (κ3) is 2.93. The van der Waals surface area contributed by atoms with E-state index < -0.39 is 0 Å². The van der Waals surface area contributed by atoms with Gasteiger partial charge in [-0.15, -0.1) is 0 Å². The second kappa shape index (κ2) is 6.23. The SMILES string of the molecule is CNc1nc2ccccc2cc1CN1CCCCCC1. The third-order valence-electron chi connectivity index (χ3n) is 4.13. The molecule has 1 aromatic heterocycles. The van der Waals surface area contributed by atoms with Crippen molar-refractivity contribution in [2.45, 2.75) is 32.2 Å². The summed E-state index contributed by atoms with van der Waals surface area (Å²) in [6.45, 7) is 3.44. The summed E-state index contributed by atoms with van der Waals surface area (Å²) in [6, 6.07) is 10.6. The Morgan fingerprint density at radius 3 is 2.60 bits per heavy atom. The van der Waals surface area contributed by atoms with Crippen LogP contribution in [0.3, 0.4) is 0 Å². The van der Waals surface area contributed by atoms with Crippen molar-refractivity contribution < 1.29 is 0 Å². The number of para-hydroxylation sites is 1. The molecule has 0 spiro atoms. The minimum Gasteiger partial charge on any atom is -0.373 e. The molecule has 3 rings (SSSR count). The number of hydrogen-bond acceptors (Lipinski definition) is 3. The van der Waals surface area contributed by atoms with Gasteiger partial charge in [-0.1, -0.05) is 31.0 Å². The number of aromatic nitrogens is 1. The Balaban J connectivity index is 1.88. The number of nitrogens with zero attached hydrogens (tertiary/aromatic N) is 2. The first-order chi connectivity index (χ1) is 9.86. The van der Waals surface area contributed by atoms with E-state index in [1.54, 1.807) is 0 Å². The first-order valence-corrected chi connectivity index (χ1v) is 7.65. The molecule has 1 fully saturated rings. The van der Waals surface area contributed by atoms with Crippen molar-refractivity contribution in [3.8, 4) is 0 Å². The van der Waals surface area contributed by atoms with E-state index in [9.17, 15) is 0 Å². The first kappa shape index (κ1) is 13.4. The molecule has 2 heterocycles. The number of benzene rings is 1. The zero-order valence-corrected chi connectivity index (χ0v) is 12.2. The second-order valence-electron chi connectivity index (χ2n) is 5.63. The number of fused-ring (bicyclic) bond motifs is 1. The summed E-state index contributed by atoms with van der Waals surface area (Å²) >= 11 is 0. The van der Waals surface area contributed by atoms with Crippen LogP contribution in [0, 0.1) is 0 Å². The summed E-state index contributed by atoms with van der Waals surface area (Å²) < 4.78 is 0. The molecule has 1 aliphatic heterocycles. The van der Waals surface area contributed by atoms with E-state index in [-0.39, 0.29) is 0 Å². The lowest BCUT2D eigenvalue weighted by Crippen LogP contribution is -2.24. The fourth-order valence-corrected chi connectivity index (χ4v) is 3.03. The maximum atomic E-state index is 4.74. The van der Waals surface area contributed by atoms with E-state index in [2.05, 4.69) is 34.5 Å². The van der Waals surface area contributed by atoms with Crippen LogP contribution in [0.1, 0.15) is 31.2 Å². The zero-order chi connectivity index (χ0) is 13.8. The molecule has 2 aromatic rings. The molecule has 0 atom stereocenters. The monoisotopic (exact) mass is 269 g/mol. The topological polar surface area (TPSA) is 28.2 Å². The summed E-state index contributed by atoms with van der Waals surface area (Å²) in [4.78, 5) is 7.31. The molecule has 1 N–H and O–H groups in total. The van der Waals surface area contributed by atoms with Gasteiger partial charge in [-0.3, -0.25) is 4.90 Å². The van der Waals surface area contributed by atoms with Gasteiger partial charge in [0.2, 0.25) is 0 Å². The molecule has 3 nitrogen and oxygen atoms in total. The summed E-state index contributed by atoms with van der Waals surface area (Å²) in [7, 11) is 1.96. The highest BCUT2D eigenvalue weighted by Crippen LogP contribution is 2.22. The van der Waals surface area contributed by atoms with E-state index >= 15 is 0 Å². The fraction of sp³-hybridized carbons (Fsp3) is 0.471. The maximum absolute atomic E-state index is 4.74. The van der Waals surface area contributed by atoms with Gasteiger partial charge in [0.05, 0.1) is 5.52 Å². The minimum atomic E-state index is 1.01. The number of pyridine rings is 1. The number of rotatable bonds is 3.